The van der Waals surface area contributed by atoms with Gasteiger partial charge in [0.2, 0.25) is 0 Å². The van der Waals surface area contributed by atoms with E-state index < -0.39 is 27.0 Å². The van der Waals surface area contributed by atoms with Crippen LogP contribution in [0.2, 0.25) is 0 Å². The van der Waals surface area contributed by atoms with Crippen LogP contribution in [-0.4, -0.2) is 24.7 Å². The van der Waals surface area contributed by atoms with Gasteiger partial charge in [-0.05, 0) is 43.9 Å². The van der Waals surface area contributed by atoms with Gasteiger partial charge in [0.05, 0.1) is 16.1 Å². The standard InChI is InChI=1S/C17H24O4S/c1-12(2)22(20,21)15-9-7-14(8-10-15)16(17(18)19)11-13-5-3-4-6-13/h7-10,12-13,16H,3-6,11H2,1-2H3,(H,18,19)/t16-/m1/s1. The molecule has 1 fully saturated rings. The molecule has 0 saturated heterocycles. The second-order valence-corrected chi connectivity index (χ2v) is 8.94. The van der Waals surface area contributed by atoms with Crippen LogP contribution in [0.4, 0.5) is 0 Å². The molecule has 1 N–H and O–H groups in total. The second-order valence-electron chi connectivity index (χ2n) is 6.44. The molecule has 0 aromatic heterocycles. The predicted molar refractivity (Wildman–Crippen MR) is 85.7 cm³/mol. The number of hydrogen-bond acceptors (Lipinski definition) is 3. The van der Waals surface area contributed by atoms with Crippen LogP contribution in [-0.2, 0) is 14.6 Å². The lowest BCUT2D eigenvalue weighted by atomic mass is 9.88. The molecule has 0 radical (unpaired) electrons. The van der Waals surface area contributed by atoms with Crippen molar-refractivity contribution in [2.75, 3.05) is 0 Å². The summed E-state index contributed by atoms with van der Waals surface area (Å²) in [5, 5.41) is 9.01. The van der Waals surface area contributed by atoms with E-state index in [2.05, 4.69) is 0 Å². The minimum atomic E-state index is -3.31. The summed E-state index contributed by atoms with van der Waals surface area (Å²) < 4.78 is 24.2. The lowest BCUT2D eigenvalue weighted by Gasteiger charge is -2.17. The zero-order valence-corrected chi connectivity index (χ0v) is 14.0. The van der Waals surface area contributed by atoms with Crippen molar-refractivity contribution >= 4 is 15.8 Å². The van der Waals surface area contributed by atoms with Crippen LogP contribution in [0, 0.1) is 5.92 Å². The zero-order chi connectivity index (χ0) is 16.3. The smallest absolute Gasteiger partial charge is 0.310 e. The van der Waals surface area contributed by atoms with Crippen LogP contribution in [0.3, 0.4) is 0 Å². The van der Waals surface area contributed by atoms with Crippen molar-refractivity contribution in [1.29, 1.82) is 0 Å². The molecule has 1 aliphatic rings. The number of carbonyl (C=O) groups is 1. The Morgan fingerprint density at radius 2 is 1.73 bits per heavy atom. The van der Waals surface area contributed by atoms with Gasteiger partial charge in [0, 0.05) is 0 Å². The summed E-state index contributed by atoms with van der Waals surface area (Å²) in [4.78, 5) is 11.8. The summed E-state index contributed by atoms with van der Waals surface area (Å²) in [5.74, 6) is -0.898. The Bertz CT molecular complexity index is 611. The highest BCUT2D eigenvalue weighted by atomic mass is 32.2. The van der Waals surface area contributed by atoms with E-state index in [1.54, 1.807) is 26.0 Å². The van der Waals surface area contributed by atoms with Crippen molar-refractivity contribution < 1.29 is 18.3 Å². The van der Waals surface area contributed by atoms with Gasteiger partial charge in [-0.25, -0.2) is 8.42 Å². The van der Waals surface area contributed by atoms with Gasteiger partial charge in [-0.2, -0.15) is 0 Å². The molecule has 1 aromatic carbocycles. The van der Waals surface area contributed by atoms with Crippen LogP contribution in [0.5, 0.6) is 0 Å². The molecule has 5 heteroatoms. The summed E-state index contributed by atoms with van der Waals surface area (Å²) in [6.07, 6.45) is 5.21. The molecule has 22 heavy (non-hydrogen) atoms. The fourth-order valence-corrected chi connectivity index (χ4v) is 4.18. The monoisotopic (exact) mass is 324 g/mol. The van der Waals surface area contributed by atoms with Crippen molar-refractivity contribution in [2.45, 2.75) is 62.0 Å². The molecule has 0 bridgehead atoms. The Morgan fingerprint density at radius 3 is 2.18 bits per heavy atom. The van der Waals surface area contributed by atoms with Crippen molar-refractivity contribution in [3.8, 4) is 0 Å². The van der Waals surface area contributed by atoms with E-state index in [0.717, 1.165) is 12.8 Å². The third kappa shape index (κ3) is 3.69. The first-order valence-electron chi connectivity index (χ1n) is 7.89. The Hall–Kier alpha value is -1.36. The maximum atomic E-state index is 12.1. The Kier molecular flexibility index (Phi) is 5.27. The Balaban J connectivity index is 2.21. The number of sulfone groups is 1. The number of aliphatic carboxylic acids is 1. The summed E-state index contributed by atoms with van der Waals surface area (Å²) in [5.41, 5.74) is 0.696. The topological polar surface area (TPSA) is 71.4 Å². The third-order valence-corrected chi connectivity index (χ3v) is 6.74. The average Bonchev–Trinajstić information content (AvgIpc) is 2.97. The van der Waals surface area contributed by atoms with E-state index in [4.69, 9.17) is 0 Å². The van der Waals surface area contributed by atoms with E-state index in [-0.39, 0.29) is 4.90 Å². The molecule has 1 aromatic rings. The van der Waals surface area contributed by atoms with Crippen LogP contribution in [0.15, 0.2) is 29.2 Å². The van der Waals surface area contributed by atoms with Crippen molar-refractivity contribution in [3.05, 3.63) is 29.8 Å². The van der Waals surface area contributed by atoms with Gasteiger partial charge in [-0.15, -0.1) is 0 Å². The summed E-state index contributed by atoms with van der Waals surface area (Å²) in [6, 6.07) is 6.39. The quantitative estimate of drug-likeness (QED) is 0.867. The maximum Gasteiger partial charge on any atom is 0.310 e. The number of carboxylic acids is 1. The van der Waals surface area contributed by atoms with Gasteiger partial charge in [0.15, 0.2) is 9.84 Å². The van der Waals surface area contributed by atoms with Crippen LogP contribution in [0.1, 0.15) is 57.4 Å². The molecule has 0 amide bonds. The normalized spacial score (nSPS) is 17.8. The molecule has 0 heterocycles. The van der Waals surface area contributed by atoms with Gasteiger partial charge in [-0.1, -0.05) is 37.8 Å². The molecule has 2 rings (SSSR count). The zero-order valence-electron chi connectivity index (χ0n) is 13.2. The molecule has 4 nitrogen and oxygen atoms in total. The molecule has 0 aliphatic heterocycles. The molecule has 1 aliphatic carbocycles. The van der Waals surface area contributed by atoms with Gasteiger partial charge in [0.1, 0.15) is 0 Å². The molecule has 1 atom stereocenters. The van der Waals surface area contributed by atoms with Gasteiger partial charge >= 0.3 is 5.97 Å². The molecular formula is C17H24O4S. The highest BCUT2D eigenvalue weighted by Crippen LogP contribution is 2.34. The fraction of sp³-hybridized carbons (Fsp3) is 0.588. The molecular weight excluding hydrogens is 300 g/mol. The first kappa shape index (κ1) is 17.0. The average molecular weight is 324 g/mol. The minimum absolute atomic E-state index is 0.260. The summed E-state index contributed by atoms with van der Waals surface area (Å²) in [7, 11) is -3.31. The lowest BCUT2D eigenvalue weighted by Crippen LogP contribution is -2.16. The minimum Gasteiger partial charge on any atom is -0.481 e. The summed E-state index contributed by atoms with van der Waals surface area (Å²) in [6.45, 7) is 3.28. The van der Waals surface area contributed by atoms with Crippen LogP contribution >= 0.6 is 0 Å². The Morgan fingerprint density at radius 1 is 1.18 bits per heavy atom. The fourth-order valence-electron chi connectivity index (χ4n) is 3.12. The number of rotatable bonds is 6. The predicted octanol–water partition coefficient (Wildman–Crippen LogP) is 3.62. The molecule has 122 valence electrons. The Labute approximate surface area is 132 Å². The summed E-state index contributed by atoms with van der Waals surface area (Å²) >= 11 is 0. The lowest BCUT2D eigenvalue weighted by molar-refractivity contribution is -0.139. The van der Waals surface area contributed by atoms with Crippen molar-refractivity contribution in [3.63, 3.8) is 0 Å². The van der Waals surface area contributed by atoms with Crippen molar-refractivity contribution in [1.82, 2.24) is 0 Å². The first-order chi connectivity index (χ1) is 10.3. The van der Waals surface area contributed by atoms with E-state index >= 15 is 0 Å². The molecule has 0 unspecified atom stereocenters. The van der Waals surface area contributed by atoms with E-state index in [9.17, 15) is 18.3 Å². The highest BCUT2D eigenvalue weighted by molar-refractivity contribution is 7.92. The van der Waals surface area contributed by atoms with E-state index in [1.165, 1.54) is 25.0 Å². The van der Waals surface area contributed by atoms with Gasteiger partial charge < -0.3 is 5.11 Å². The van der Waals surface area contributed by atoms with Gasteiger partial charge in [0.25, 0.3) is 0 Å². The highest BCUT2D eigenvalue weighted by Gasteiger charge is 2.27. The maximum absolute atomic E-state index is 12.1. The van der Waals surface area contributed by atoms with E-state index in [1.807, 2.05) is 0 Å². The largest absolute Gasteiger partial charge is 0.481 e. The van der Waals surface area contributed by atoms with Crippen molar-refractivity contribution in [2.24, 2.45) is 5.92 Å². The van der Waals surface area contributed by atoms with Crippen LogP contribution < -0.4 is 0 Å². The first-order valence-corrected chi connectivity index (χ1v) is 9.43. The molecule has 0 spiro atoms. The third-order valence-electron chi connectivity index (χ3n) is 4.57. The van der Waals surface area contributed by atoms with Crippen LogP contribution in [0.25, 0.3) is 0 Å². The van der Waals surface area contributed by atoms with E-state index in [0.29, 0.717) is 17.9 Å². The number of benzene rings is 1. The molecule has 1 saturated carbocycles. The second kappa shape index (κ2) is 6.82. The van der Waals surface area contributed by atoms with Gasteiger partial charge in [-0.3, -0.25) is 4.79 Å². The SMILES string of the molecule is CC(C)S(=O)(=O)c1ccc([C@@H](CC2CCCC2)C(=O)O)cc1. The number of carboxylic acid groups (broad SMARTS) is 1. The number of hydrogen-bond donors (Lipinski definition) is 1.